The summed E-state index contributed by atoms with van der Waals surface area (Å²) in [4.78, 5) is 26.3. The normalized spacial score (nSPS) is 17.3. The van der Waals surface area contributed by atoms with Gasteiger partial charge in [-0.2, -0.15) is 13.2 Å². The van der Waals surface area contributed by atoms with Crippen molar-refractivity contribution < 1.29 is 22.8 Å². The molecular weight excluding hydrogens is 345 g/mol. The number of fused-ring (bicyclic) bond motifs is 1. The van der Waals surface area contributed by atoms with Crippen LogP contribution < -0.4 is 10.2 Å². The number of para-hydroxylation sites is 2. The van der Waals surface area contributed by atoms with E-state index in [2.05, 4.69) is 5.32 Å². The highest BCUT2D eigenvalue weighted by Crippen LogP contribution is 2.33. The van der Waals surface area contributed by atoms with E-state index in [1.165, 1.54) is 17.0 Å². The quantitative estimate of drug-likeness (QED) is 0.878. The molecule has 2 amide bonds. The Morgan fingerprint density at radius 1 is 1.19 bits per heavy atom. The smallest absolute Gasteiger partial charge is 0.324 e. The lowest BCUT2D eigenvalue weighted by Crippen LogP contribution is -2.40. The molecule has 0 saturated heterocycles. The molecular formula is C19H17F3N2O2. The molecule has 1 heterocycles. The highest BCUT2D eigenvalue weighted by Gasteiger charge is 2.32. The Kier molecular flexibility index (Phi) is 4.71. The number of halogens is 3. The van der Waals surface area contributed by atoms with E-state index < -0.39 is 17.8 Å². The number of benzene rings is 2. The first kappa shape index (κ1) is 18.0. The Labute approximate surface area is 148 Å². The van der Waals surface area contributed by atoms with Crippen molar-refractivity contribution in [2.75, 3.05) is 10.2 Å². The number of carbonyl (C=O) groups excluding carboxylic acids is 2. The minimum atomic E-state index is -4.46. The van der Waals surface area contributed by atoms with E-state index >= 15 is 0 Å². The number of nitrogens with zero attached hydrogens (tertiary/aromatic N) is 1. The minimum Gasteiger partial charge on any atom is -0.324 e. The molecule has 2 aromatic carbocycles. The largest absolute Gasteiger partial charge is 0.416 e. The summed E-state index contributed by atoms with van der Waals surface area (Å²) in [6.07, 6.45) is -4.53. The lowest BCUT2D eigenvalue weighted by molar-refractivity contribution is -0.137. The van der Waals surface area contributed by atoms with Crippen molar-refractivity contribution in [2.45, 2.75) is 32.0 Å². The molecule has 7 heteroatoms. The number of hydrogen-bond acceptors (Lipinski definition) is 2. The molecule has 1 atom stereocenters. The van der Waals surface area contributed by atoms with Gasteiger partial charge in [-0.25, -0.2) is 0 Å². The molecule has 2 aromatic rings. The number of rotatable bonds is 2. The van der Waals surface area contributed by atoms with Gasteiger partial charge in [-0.15, -0.1) is 0 Å². The van der Waals surface area contributed by atoms with Gasteiger partial charge in [0.1, 0.15) is 0 Å². The first-order chi connectivity index (χ1) is 12.3. The fourth-order valence-corrected chi connectivity index (χ4v) is 3.09. The second-order valence-corrected chi connectivity index (χ2v) is 6.26. The Hall–Kier alpha value is -2.83. The summed E-state index contributed by atoms with van der Waals surface area (Å²) in [5, 5.41) is 2.75. The summed E-state index contributed by atoms with van der Waals surface area (Å²) in [5.74, 6) is -0.569. The zero-order chi connectivity index (χ0) is 18.9. The molecule has 0 bridgehead atoms. The van der Waals surface area contributed by atoms with E-state index in [0.29, 0.717) is 11.4 Å². The monoisotopic (exact) mass is 362 g/mol. The van der Waals surface area contributed by atoms with Crippen LogP contribution in [0.2, 0.25) is 0 Å². The van der Waals surface area contributed by atoms with E-state index in [1.807, 2.05) is 0 Å². The van der Waals surface area contributed by atoms with Crippen molar-refractivity contribution in [3.05, 3.63) is 59.7 Å². The average Bonchev–Trinajstić information content (AvgIpc) is 2.68. The molecule has 1 N–H and O–H groups in total. The molecule has 3 rings (SSSR count). The summed E-state index contributed by atoms with van der Waals surface area (Å²) < 4.78 is 38.6. The van der Waals surface area contributed by atoms with Crippen LogP contribution in [0, 0.1) is 0 Å². The van der Waals surface area contributed by atoms with E-state index in [4.69, 9.17) is 0 Å². The Morgan fingerprint density at radius 3 is 2.65 bits per heavy atom. The number of anilines is 2. The molecule has 26 heavy (non-hydrogen) atoms. The van der Waals surface area contributed by atoms with Gasteiger partial charge >= 0.3 is 6.18 Å². The third kappa shape index (κ3) is 3.71. The number of alkyl halides is 3. The van der Waals surface area contributed by atoms with Crippen molar-refractivity contribution in [2.24, 2.45) is 0 Å². The van der Waals surface area contributed by atoms with Crippen molar-refractivity contribution in [3.8, 4) is 0 Å². The van der Waals surface area contributed by atoms with Crippen molar-refractivity contribution in [1.29, 1.82) is 0 Å². The van der Waals surface area contributed by atoms with Gasteiger partial charge in [0.2, 0.25) is 11.8 Å². The molecule has 4 nitrogen and oxygen atoms in total. The lowest BCUT2D eigenvalue weighted by atomic mass is 10.1. The standard InChI is InChI=1S/C19H17F3N2O2/c1-12-9-17(25)23-15-7-2-3-8-16(15)24(12)18(26)11-13-5-4-6-14(10-13)19(20,21)22/h2-8,10,12H,9,11H2,1H3,(H,23,25)/t12-/m1/s1. The highest BCUT2D eigenvalue weighted by atomic mass is 19.4. The second kappa shape index (κ2) is 6.82. The molecule has 1 aliphatic rings. The molecule has 0 fully saturated rings. The van der Waals surface area contributed by atoms with Crippen LogP contribution in [0.25, 0.3) is 0 Å². The summed E-state index contributed by atoms with van der Waals surface area (Å²) in [5.41, 5.74) is 0.545. The highest BCUT2D eigenvalue weighted by molar-refractivity contribution is 6.04. The molecule has 136 valence electrons. The van der Waals surface area contributed by atoms with Crippen LogP contribution in [-0.2, 0) is 22.2 Å². The SMILES string of the molecule is C[C@@H]1CC(=O)Nc2ccccc2N1C(=O)Cc1cccc(C(F)(F)F)c1. The minimum absolute atomic E-state index is 0.114. The maximum absolute atomic E-state index is 12.9. The zero-order valence-electron chi connectivity index (χ0n) is 14.0. The molecule has 0 aliphatic carbocycles. The van der Waals surface area contributed by atoms with Gasteiger partial charge in [-0.1, -0.05) is 30.3 Å². The average molecular weight is 362 g/mol. The summed E-state index contributed by atoms with van der Waals surface area (Å²) in [7, 11) is 0. The third-order valence-electron chi connectivity index (χ3n) is 4.24. The molecule has 0 aromatic heterocycles. The zero-order valence-corrected chi connectivity index (χ0v) is 14.0. The van der Waals surface area contributed by atoms with Gasteiger partial charge in [0.15, 0.2) is 0 Å². The predicted molar refractivity (Wildman–Crippen MR) is 91.8 cm³/mol. The van der Waals surface area contributed by atoms with E-state index in [0.717, 1.165) is 12.1 Å². The Morgan fingerprint density at radius 2 is 1.92 bits per heavy atom. The van der Waals surface area contributed by atoms with Gasteiger partial charge in [0, 0.05) is 12.5 Å². The number of amides is 2. The Bertz CT molecular complexity index is 849. The fraction of sp³-hybridized carbons (Fsp3) is 0.263. The van der Waals surface area contributed by atoms with Crippen molar-refractivity contribution in [3.63, 3.8) is 0 Å². The molecule has 0 saturated carbocycles. The number of nitrogens with one attached hydrogen (secondary N) is 1. The summed E-state index contributed by atoms with van der Waals surface area (Å²) >= 11 is 0. The van der Waals surface area contributed by atoms with Crippen LogP contribution in [0.4, 0.5) is 24.5 Å². The van der Waals surface area contributed by atoms with Crippen LogP contribution in [0.15, 0.2) is 48.5 Å². The topological polar surface area (TPSA) is 49.4 Å². The van der Waals surface area contributed by atoms with Crippen LogP contribution >= 0.6 is 0 Å². The van der Waals surface area contributed by atoms with Gasteiger partial charge < -0.3 is 10.2 Å². The lowest BCUT2D eigenvalue weighted by Gasteiger charge is -2.28. The van der Waals surface area contributed by atoms with E-state index in [9.17, 15) is 22.8 Å². The number of carbonyl (C=O) groups is 2. The fourth-order valence-electron chi connectivity index (χ4n) is 3.09. The predicted octanol–water partition coefficient (Wildman–Crippen LogP) is 4.01. The van der Waals surface area contributed by atoms with Gasteiger partial charge in [-0.3, -0.25) is 9.59 Å². The summed E-state index contributed by atoms with van der Waals surface area (Å²) in [6.45, 7) is 1.74. The second-order valence-electron chi connectivity index (χ2n) is 6.26. The first-order valence-electron chi connectivity index (χ1n) is 8.13. The Balaban J connectivity index is 1.91. The molecule has 0 unspecified atom stereocenters. The number of hydrogen-bond donors (Lipinski definition) is 1. The van der Waals surface area contributed by atoms with Crippen LogP contribution in [-0.4, -0.2) is 17.9 Å². The van der Waals surface area contributed by atoms with E-state index in [-0.39, 0.29) is 30.2 Å². The maximum Gasteiger partial charge on any atom is 0.416 e. The van der Waals surface area contributed by atoms with Crippen LogP contribution in [0.5, 0.6) is 0 Å². The van der Waals surface area contributed by atoms with Gasteiger partial charge in [-0.05, 0) is 30.7 Å². The maximum atomic E-state index is 12.9. The molecule has 0 radical (unpaired) electrons. The van der Waals surface area contributed by atoms with Crippen LogP contribution in [0.1, 0.15) is 24.5 Å². The summed E-state index contributed by atoms with van der Waals surface area (Å²) in [6, 6.07) is 11.2. The van der Waals surface area contributed by atoms with Gasteiger partial charge in [0.05, 0.1) is 23.4 Å². The molecule has 0 spiro atoms. The third-order valence-corrected chi connectivity index (χ3v) is 4.24. The van der Waals surface area contributed by atoms with Crippen LogP contribution in [0.3, 0.4) is 0 Å². The first-order valence-corrected chi connectivity index (χ1v) is 8.13. The van der Waals surface area contributed by atoms with Crippen molar-refractivity contribution >= 4 is 23.2 Å². The van der Waals surface area contributed by atoms with Crippen molar-refractivity contribution in [1.82, 2.24) is 0 Å². The van der Waals surface area contributed by atoms with E-state index in [1.54, 1.807) is 31.2 Å². The van der Waals surface area contributed by atoms with Gasteiger partial charge in [0.25, 0.3) is 0 Å². The molecule has 1 aliphatic heterocycles.